The van der Waals surface area contributed by atoms with Crippen molar-refractivity contribution in [2.75, 3.05) is 54.1 Å². The van der Waals surface area contributed by atoms with E-state index in [2.05, 4.69) is 21.9 Å². The van der Waals surface area contributed by atoms with E-state index in [9.17, 15) is 0 Å². The molecule has 1 aliphatic carbocycles. The molecule has 6 nitrogen and oxygen atoms in total. The van der Waals surface area contributed by atoms with Gasteiger partial charge in [0.1, 0.15) is 0 Å². The van der Waals surface area contributed by atoms with Crippen LogP contribution in [-0.2, 0) is 11.3 Å². The molecule has 0 amide bonds. The van der Waals surface area contributed by atoms with E-state index in [-0.39, 0.29) is 0 Å². The molecule has 1 atom stereocenters. The molecular formula is C26H42N2O4. The van der Waals surface area contributed by atoms with Crippen molar-refractivity contribution in [3.05, 3.63) is 17.7 Å². The fraction of sp³-hybridized carbons (Fsp3) is 0.769. The Kier molecular flexibility index (Phi) is 8.55. The summed E-state index contributed by atoms with van der Waals surface area (Å²) in [5.41, 5.74) is 1.20. The molecular weight excluding hydrogens is 404 g/mol. The first-order valence-electron chi connectivity index (χ1n) is 12.6. The van der Waals surface area contributed by atoms with Crippen LogP contribution in [-0.4, -0.2) is 76.1 Å². The number of likely N-dealkylation sites (tertiary alicyclic amines) is 1. The van der Waals surface area contributed by atoms with Crippen LogP contribution in [0, 0.1) is 5.92 Å². The number of nitrogens with zero attached hydrogens (tertiary/aromatic N) is 2. The summed E-state index contributed by atoms with van der Waals surface area (Å²) in [4.78, 5) is 5.37. The molecule has 2 saturated heterocycles. The summed E-state index contributed by atoms with van der Waals surface area (Å²) < 4.78 is 22.7. The molecule has 180 valence electrons. The zero-order chi connectivity index (χ0) is 22.3. The van der Waals surface area contributed by atoms with Gasteiger partial charge in [0.15, 0.2) is 11.5 Å². The number of hydrogen-bond acceptors (Lipinski definition) is 6. The van der Waals surface area contributed by atoms with E-state index in [0.717, 1.165) is 49.7 Å². The second-order valence-corrected chi connectivity index (χ2v) is 9.78. The third-order valence-electron chi connectivity index (χ3n) is 7.62. The smallest absolute Gasteiger partial charge is 0.203 e. The zero-order valence-electron chi connectivity index (χ0n) is 20.3. The van der Waals surface area contributed by atoms with Gasteiger partial charge in [0.05, 0.1) is 27.4 Å². The molecule has 1 saturated carbocycles. The van der Waals surface area contributed by atoms with Gasteiger partial charge >= 0.3 is 0 Å². The van der Waals surface area contributed by atoms with Crippen LogP contribution in [0.4, 0.5) is 0 Å². The average molecular weight is 447 g/mol. The molecule has 6 heteroatoms. The van der Waals surface area contributed by atoms with Crippen LogP contribution >= 0.6 is 0 Å². The predicted molar refractivity (Wildman–Crippen MR) is 127 cm³/mol. The molecule has 0 spiro atoms. The molecule has 3 aliphatic rings. The highest BCUT2D eigenvalue weighted by molar-refractivity contribution is 5.53. The van der Waals surface area contributed by atoms with Crippen molar-refractivity contribution in [3.63, 3.8) is 0 Å². The van der Waals surface area contributed by atoms with E-state index in [1.807, 2.05) is 0 Å². The second-order valence-electron chi connectivity index (χ2n) is 9.78. The van der Waals surface area contributed by atoms with Crippen molar-refractivity contribution in [1.82, 2.24) is 9.80 Å². The molecule has 1 aromatic rings. The van der Waals surface area contributed by atoms with Crippen molar-refractivity contribution in [1.29, 1.82) is 0 Å². The largest absolute Gasteiger partial charge is 0.493 e. The molecule has 2 heterocycles. The molecule has 32 heavy (non-hydrogen) atoms. The fourth-order valence-electron chi connectivity index (χ4n) is 5.90. The van der Waals surface area contributed by atoms with Crippen molar-refractivity contribution < 1.29 is 18.9 Å². The van der Waals surface area contributed by atoms with Crippen LogP contribution in [0.3, 0.4) is 0 Å². The minimum atomic E-state index is 0.357. The van der Waals surface area contributed by atoms with Crippen molar-refractivity contribution in [2.45, 2.75) is 70.1 Å². The first-order chi connectivity index (χ1) is 15.7. The van der Waals surface area contributed by atoms with Crippen LogP contribution < -0.4 is 14.2 Å². The lowest BCUT2D eigenvalue weighted by molar-refractivity contribution is 0.0539. The summed E-state index contributed by atoms with van der Waals surface area (Å²) in [7, 11) is 5.02. The Bertz CT molecular complexity index is 683. The summed E-state index contributed by atoms with van der Waals surface area (Å²) in [5.74, 6) is 2.87. The Morgan fingerprint density at radius 2 is 1.56 bits per heavy atom. The van der Waals surface area contributed by atoms with Gasteiger partial charge in [-0.25, -0.2) is 0 Å². The van der Waals surface area contributed by atoms with Gasteiger partial charge in [-0.05, 0) is 75.2 Å². The standard InChI is InChI=1S/C26H42N2O4/c1-29-24-15-21(16-25(30-2)26(24)31-3)18-27(19-23-9-6-14-32-23)17-20-10-12-28(13-11-20)22-7-4-5-8-22/h15-16,20,22-23H,4-14,17-19H2,1-3H3/t23-/m0/s1. The number of hydrogen-bond donors (Lipinski definition) is 0. The van der Waals surface area contributed by atoms with Gasteiger partial charge in [-0.15, -0.1) is 0 Å². The fourth-order valence-corrected chi connectivity index (χ4v) is 5.90. The maximum Gasteiger partial charge on any atom is 0.203 e. The van der Waals surface area contributed by atoms with Gasteiger partial charge in [-0.3, -0.25) is 4.90 Å². The monoisotopic (exact) mass is 446 g/mol. The maximum atomic E-state index is 6.00. The number of rotatable bonds is 10. The highest BCUT2D eigenvalue weighted by Gasteiger charge is 2.29. The average Bonchev–Trinajstić information content (AvgIpc) is 3.53. The van der Waals surface area contributed by atoms with E-state index in [4.69, 9.17) is 18.9 Å². The minimum Gasteiger partial charge on any atom is -0.493 e. The van der Waals surface area contributed by atoms with Gasteiger partial charge in [-0.1, -0.05) is 12.8 Å². The van der Waals surface area contributed by atoms with E-state index in [0.29, 0.717) is 11.9 Å². The SMILES string of the molecule is COc1cc(CN(CC2CCN(C3CCCC3)CC2)C[C@@H]2CCCO2)cc(OC)c1OC. The lowest BCUT2D eigenvalue weighted by atomic mass is 9.94. The van der Waals surface area contributed by atoms with Gasteiger partial charge in [-0.2, -0.15) is 0 Å². The third kappa shape index (κ3) is 5.89. The summed E-state index contributed by atoms with van der Waals surface area (Å²) >= 11 is 0. The Hall–Kier alpha value is -1.50. The highest BCUT2D eigenvalue weighted by atomic mass is 16.5. The summed E-state index contributed by atoms with van der Waals surface area (Å²) in [6.45, 7) is 6.46. The van der Waals surface area contributed by atoms with Crippen LogP contribution in [0.5, 0.6) is 17.2 Å². The number of benzene rings is 1. The first-order valence-corrected chi connectivity index (χ1v) is 12.6. The van der Waals surface area contributed by atoms with Gasteiger partial charge in [0, 0.05) is 32.3 Å². The summed E-state index contributed by atoms with van der Waals surface area (Å²) in [5, 5.41) is 0. The van der Waals surface area contributed by atoms with E-state index >= 15 is 0 Å². The molecule has 0 radical (unpaired) electrons. The molecule has 4 rings (SSSR count). The van der Waals surface area contributed by atoms with Crippen LogP contribution in [0.15, 0.2) is 12.1 Å². The summed E-state index contributed by atoms with van der Waals surface area (Å²) in [6, 6.07) is 5.04. The Labute approximate surface area is 194 Å². The topological polar surface area (TPSA) is 43.4 Å². The number of methoxy groups -OCH3 is 3. The van der Waals surface area contributed by atoms with E-state index < -0.39 is 0 Å². The number of piperidine rings is 1. The Morgan fingerprint density at radius 1 is 0.875 bits per heavy atom. The van der Waals surface area contributed by atoms with E-state index in [1.165, 1.54) is 70.0 Å². The quantitative estimate of drug-likeness (QED) is 0.532. The van der Waals surface area contributed by atoms with Crippen molar-refractivity contribution in [3.8, 4) is 17.2 Å². The molecule has 0 bridgehead atoms. The predicted octanol–water partition coefficient (Wildman–Crippen LogP) is 4.35. The van der Waals surface area contributed by atoms with Crippen molar-refractivity contribution >= 4 is 0 Å². The second kappa shape index (κ2) is 11.6. The van der Waals surface area contributed by atoms with Gasteiger partial charge < -0.3 is 23.8 Å². The lowest BCUT2D eigenvalue weighted by Gasteiger charge is -2.38. The van der Waals surface area contributed by atoms with Crippen LogP contribution in [0.25, 0.3) is 0 Å². The minimum absolute atomic E-state index is 0.357. The Morgan fingerprint density at radius 3 is 2.12 bits per heavy atom. The molecule has 2 aliphatic heterocycles. The molecule has 0 N–H and O–H groups in total. The molecule has 1 aromatic carbocycles. The lowest BCUT2D eigenvalue weighted by Crippen LogP contribution is -2.43. The molecule has 3 fully saturated rings. The van der Waals surface area contributed by atoms with Crippen LogP contribution in [0.1, 0.15) is 56.9 Å². The summed E-state index contributed by atoms with van der Waals surface area (Å²) in [6.07, 6.45) is 11.0. The zero-order valence-corrected chi connectivity index (χ0v) is 20.3. The third-order valence-corrected chi connectivity index (χ3v) is 7.62. The first kappa shape index (κ1) is 23.7. The normalized spacial score (nSPS) is 23.2. The molecule has 0 aromatic heterocycles. The van der Waals surface area contributed by atoms with Crippen molar-refractivity contribution in [2.24, 2.45) is 5.92 Å². The van der Waals surface area contributed by atoms with Crippen LogP contribution in [0.2, 0.25) is 0 Å². The van der Waals surface area contributed by atoms with Gasteiger partial charge in [0.2, 0.25) is 5.75 Å². The molecule has 0 unspecified atom stereocenters. The van der Waals surface area contributed by atoms with E-state index in [1.54, 1.807) is 21.3 Å². The van der Waals surface area contributed by atoms with Gasteiger partial charge in [0.25, 0.3) is 0 Å². The highest BCUT2D eigenvalue weighted by Crippen LogP contribution is 2.38. The maximum absolute atomic E-state index is 6.00. The Balaban J connectivity index is 1.41. The number of ether oxygens (including phenoxy) is 4.